The lowest BCUT2D eigenvalue weighted by Crippen LogP contribution is -2.40. The Morgan fingerprint density at radius 1 is 1.22 bits per heavy atom. The number of carbonyl (C=O) groups excluding carboxylic acids is 1. The fourth-order valence-electron chi connectivity index (χ4n) is 4.04. The molecule has 0 bridgehead atoms. The number of ether oxygens (including phenoxy) is 1. The summed E-state index contributed by atoms with van der Waals surface area (Å²) in [6.45, 7) is 5.97. The van der Waals surface area contributed by atoms with E-state index in [4.69, 9.17) is 4.74 Å². The van der Waals surface area contributed by atoms with E-state index in [1.807, 2.05) is 0 Å². The summed E-state index contributed by atoms with van der Waals surface area (Å²) in [6.07, 6.45) is 6.77. The number of hydrogen-bond acceptors (Lipinski definition) is 3. The van der Waals surface area contributed by atoms with Crippen molar-refractivity contribution in [3.8, 4) is 0 Å². The number of carbonyl (C=O) groups is 2. The van der Waals surface area contributed by atoms with Gasteiger partial charge in [0, 0.05) is 26.2 Å². The molecule has 1 heterocycles. The maximum Gasteiger partial charge on any atom is 0.308 e. The number of carboxylic acids is 1. The summed E-state index contributed by atoms with van der Waals surface area (Å²) in [5.74, 6) is -0.795. The summed E-state index contributed by atoms with van der Waals surface area (Å²) < 4.78 is 5.30. The number of amides is 1. The van der Waals surface area contributed by atoms with Gasteiger partial charge in [0.2, 0.25) is 5.91 Å². The van der Waals surface area contributed by atoms with Crippen molar-refractivity contribution in [2.24, 2.45) is 23.2 Å². The van der Waals surface area contributed by atoms with Crippen LogP contribution in [0.2, 0.25) is 0 Å². The number of hydrogen-bond donors (Lipinski definition) is 2. The van der Waals surface area contributed by atoms with Crippen molar-refractivity contribution in [1.29, 1.82) is 0 Å². The van der Waals surface area contributed by atoms with Gasteiger partial charge in [0.15, 0.2) is 0 Å². The molecule has 23 heavy (non-hydrogen) atoms. The topological polar surface area (TPSA) is 75.6 Å². The summed E-state index contributed by atoms with van der Waals surface area (Å²) in [4.78, 5) is 23.8. The summed E-state index contributed by atoms with van der Waals surface area (Å²) in [5, 5.41) is 12.3. The fourth-order valence-corrected chi connectivity index (χ4v) is 4.04. The molecule has 1 aliphatic heterocycles. The summed E-state index contributed by atoms with van der Waals surface area (Å²) >= 11 is 0. The average molecular weight is 325 g/mol. The molecule has 132 valence electrons. The number of carboxylic acid groups (broad SMARTS) is 1. The zero-order valence-corrected chi connectivity index (χ0v) is 14.5. The molecule has 2 aliphatic rings. The Labute approximate surface area is 139 Å². The predicted molar refractivity (Wildman–Crippen MR) is 88.0 cm³/mol. The van der Waals surface area contributed by atoms with Crippen molar-refractivity contribution < 1.29 is 19.4 Å². The first-order valence-corrected chi connectivity index (χ1v) is 8.97. The minimum Gasteiger partial charge on any atom is -0.481 e. The van der Waals surface area contributed by atoms with Crippen LogP contribution >= 0.6 is 0 Å². The van der Waals surface area contributed by atoms with Crippen LogP contribution in [0.3, 0.4) is 0 Å². The Bertz CT molecular complexity index is 415. The van der Waals surface area contributed by atoms with E-state index in [2.05, 4.69) is 19.2 Å². The molecule has 0 aromatic heterocycles. The Hall–Kier alpha value is -1.10. The molecule has 1 aliphatic carbocycles. The third kappa shape index (κ3) is 5.20. The average Bonchev–Trinajstić information content (AvgIpc) is 2.50. The highest BCUT2D eigenvalue weighted by Gasteiger charge is 2.34. The molecule has 2 atom stereocenters. The van der Waals surface area contributed by atoms with Crippen LogP contribution in [0.1, 0.15) is 58.8 Å². The molecule has 2 N–H and O–H groups in total. The second-order valence-electron chi connectivity index (χ2n) is 7.83. The van der Waals surface area contributed by atoms with Crippen LogP contribution in [0.25, 0.3) is 0 Å². The van der Waals surface area contributed by atoms with Crippen LogP contribution in [-0.4, -0.2) is 36.7 Å². The van der Waals surface area contributed by atoms with E-state index in [0.29, 0.717) is 25.6 Å². The lowest BCUT2D eigenvalue weighted by Gasteiger charge is -2.38. The van der Waals surface area contributed by atoms with Gasteiger partial charge in [-0.2, -0.15) is 0 Å². The van der Waals surface area contributed by atoms with E-state index < -0.39 is 11.9 Å². The minimum absolute atomic E-state index is 0.00304. The quantitative estimate of drug-likeness (QED) is 0.787. The van der Waals surface area contributed by atoms with Gasteiger partial charge in [-0.25, -0.2) is 0 Å². The zero-order valence-electron chi connectivity index (χ0n) is 14.5. The third-order valence-corrected chi connectivity index (χ3v) is 5.83. The van der Waals surface area contributed by atoms with Gasteiger partial charge < -0.3 is 15.2 Å². The van der Waals surface area contributed by atoms with Crippen LogP contribution in [0.5, 0.6) is 0 Å². The highest BCUT2D eigenvalue weighted by molar-refractivity contribution is 5.77. The smallest absolute Gasteiger partial charge is 0.308 e. The van der Waals surface area contributed by atoms with Gasteiger partial charge >= 0.3 is 5.97 Å². The Morgan fingerprint density at radius 2 is 1.91 bits per heavy atom. The van der Waals surface area contributed by atoms with E-state index in [1.165, 1.54) is 19.3 Å². The van der Waals surface area contributed by atoms with Crippen molar-refractivity contribution in [2.45, 2.75) is 58.8 Å². The summed E-state index contributed by atoms with van der Waals surface area (Å²) in [6, 6.07) is 0. The molecular weight excluding hydrogens is 294 g/mol. The van der Waals surface area contributed by atoms with Gasteiger partial charge in [0.1, 0.15) is 0 Å². The molecule has 1 amide bonds. The molecule has 0 spiro atoms. The monoisotopic (exact) mass is 325 g/mol. The number of rotatable bonds is 6. The normalized spacial score (nSPS) is 26.4. The molecule has 2 rings (SSSR count). The van der Waals surface area contributed by atoms with Crippen LogP contribution in [-0.2, 0) is 14.3 Å². The lowest BCUT2D eigenvalue weighted by molar-refractivity contribution is -0.145. The molecule has 2 unspecified atom stereocenters. The molecule has 2 fully saturated rings. The Morgan fingerprint density at radius 3 is 2.52 bits per heavy atom. The molecule has 0 aromatic rings. The Kier molecular flexibility index (Phi) is 6.45. The van der Waals surface area contributed by atoms with E-state index in [1.54, 1.807) is 0 Å². The Balaban J connectivity index is 1.82. The van der Waals surface area contributed by atoms with Gasteiger partial charge in [-0.15, -0.1) is 0 Å². The second-order valence-corrected chi connectivity index (χ2v) is 7.83. The second kappa shape index (κ2) is 8.13. The molecule has 5 nitrogen and oxygen atoms in total. The van der Waals surface area contributed by atoms with Crippen LogP contribution in [0.15, 0.2) is 0 Å². The predicted octanol–water partition coefficient (Wildman–Crippen LogP) is 2.84. The molecular formula is C18H31NO4. The molecule has 1 saturated carbocycles. The van der Waals surface area contributed by atoms with Gasteiger partial charge in [0.05, 0.1) is 5.92 Å². The van der Waals surface area contributed by atoms with Crippen molar-refractivity contribution in [3.05, 3.63) is 0 Å². The molecule has 1 saturated heterocycles. The highest BCUT2D eigenvalue weighted by atomic mass is 16.5. The standard InChI is InChI=1S/C18H31NO4/c1-18(2)8-4-3-5-14(18)11-16(20)19-12-15(17(21)22)13-6-9-23-10-7-13/h13-15H,3-12H2,1-2H3,(H,19,20)(H,21,22). The van der Waals surface area contributed by atoms with E-state index in [-0.39, 0.29) is 23.8 Å². The van der Waals surface area contributed by atoms with Crippen molar-refractivity contribution in [1.82, 2.24) is 5.32 Å². The van der Waals surface area contributed by atoms with E-state index in [0.717, 1.165) is 19.3 Å². The van der Waals surface area contributed by atoms with Crippen LogP contribution < -0.4 is 5.32 Å². The van der Waals surface area contributed by atoms with E-state index >= 15 is 0 Å². The maximum absolute atomic E-state index is 12.3. The molecule has 0 aromatic carbocycles. The summed E-state index contributed by atoms with van der Waals surface area (Å²) in [5.41, 5.74) is 0.211. The minimum atomic E-state index is -0.810. The van der Waals surface area contributed by atoms with Gasteiger partial charge in [0.25, 0.3) is 0 Å². The first-order chi connectivity index (χ1) is 10.9. The number of aliphatic carboxylic acids is 1. The van der Waals surface area contributed by atoms with Crippen molar-refractivity contribution in [3.63, 3.8) is 0 Å². The van der Waals surface area contributed by atoms with Crippen LogP contribution in [0, 0.1) is 23.2 Å². The number of nitrogens with one attached hydrogen (secondary N) is 1. The van der Waals surface area contributed by atoms with Gasteiger partial charge in [-0.1, -0.05) is 26.7 Å². The SMILES string of the molecule is CC1(C)CCCCC1CC(=O)NCC(C(=O)O)C1CCOCC1. The highest BCUT2D eigenvalue weighted by Crippen LogP contribution is 2.42. The lowest BCUT2D eigenvalue weighted by atomic mass is 9.67. The zero-order chi connectivity index (χ0) is 16.9. The maximum atomic E-state index is 12.3. The van der Waals surface area contributed by atoms with Gasteiger partial charge in [-0.05, 0) is 42.9 Å². The van der Waals surface area contributed by atoms with E-state index in [9.17, 15) is 14.7 Å². The third-order valence-electron chi connectivity index (χ3n) is 5.83. The molecule has 5 heteroatoms. The van der Waals surface area contributed by atoms with Crippen molar-refractivity contribution >= 4 is 11.9 Å². The van der Waals surface area contributed by atoms with Crippen LogP contribution in [0.4, 0.5) is 0 Å². The van der Waals surface area contributed by atoms with Crippen molar-refractivity contribution in [2.75, 3.05) is 19.8 Å². The van der Waals surface area contributed by atoms with Gasteiger partial charge in [-0.3, -0.25) is 9.59 Å². The molecule has 0 radical (unpaired) electrons. The first-order valence-electron chi connectivity index (χ1n) is 8.97. The summed E-state index contributed by atoms with van der Waals surface area (Å²) in [7, 11) is 0. The largest absolute Gasteiger partial charge is 0.481 e. The first kappa shape index (κ1) is 18.2. The fraction of sp³-hybridized carbons (Fsp3) is 0.889.